The number of fused-ring (bicyclic) bond motifs is 7. The van der Waals surface area contributed by atoms with Gasteiger partial charge >= 0.3 is 0 Å². The number of allylic oxidation sites excluding steroid dienone is 4. The SMILES string of the molecule is COc1cc(O[C@H]2O[C@H](COCC3=C4[CH+]C=CC=C4N=C3)[C@@H](O)[C@H](O)[C@]2(O)CO)c2c(O)c(C(=O)CN3Cc4ccccc4C3=O)c3c(c2c1)CC[C@H]1CCC[C@@H]31. The Kier molecular flexibility index (Phi) is 9.70. The molecule has 13 heteroatoms. The third-order valence-corrected chi connectivity index (χ3v) is 12.6. The van der Waals surface area contributed by atoms with Crippen molar-refractivity contribution in [2.75, 3.05) is 33.5 Å². The number of aryl methyl sites for hydroxylation is 1. The van der Waals surface area contributed by atoms with Crippen molar-refractivity contribution >= 4 is 28.7 Å². The monoisotopic (exact) mass is 777 g/mol. The van der Waals surface area contributed by atoms with Crippen LogP contribution in [0.15, 0.2) is 76.5 Å². The Morgan fingerprint density at radius 1 is 1.16 bits per heavy atom. The maximum absolute atomic E-state index is 14.6. The van der Waals surface area contributed by atoms with Gasteiger partial charge in [-0.2, -0.15) is 4.99 Å². The van der Waals surface area contributed by atoms with E-state index in [9.17, 15) is 35.1 Å². The summed E-state index contributed by atoms with van der Waals surface area (Å²) >= 11 is 0. The lowest BCUT2D eigenvalue weighted by molar-refractivity contribution is -0.328. The zero-order valence-electron chi connectivity index (χ0n) is 31.5. The number of aliphatic hydroxyl groups is 4. The molecule has 9 rings (SSSR count). The van der Waals surface area contributed by atoms with Crippen molar-refractivity contribution in [3.63, 3.8) is 0 Å². The molecule has 3 aromatic rings. The molecule has 7 atom stereocenters. The first-order valence-electron chi connectivity index (χ1n) is 19.5. The summed E-state index contributed by atoms with van der Waals surface area (Å²) in [6.07, 6.45) is 7.01. The quantitative estimate of drug-likeness (QED) is 0.141. The van der Waals surface area contributed by atoms with Crippen LogP contribution < -0.4 is 9.47 Å². The van der Waals surface area contributed by atoms with Crippen LogP contribution in [0.25, 0.3) is 10.8 Å². The van der Waals surface area contributed by atoms with Crippen molar-refractivity contribution in [2.24, 2.45) is 10.9 Å². The normalized spacial score (nSPS) is 28.5. The lowest BCUT2D eigenvalue weighted by Gasteiger charge is -2.47. The van der Waals surface area contributed by atoms with Gasteiger partial charge in [-0.25, -0.2) is 0 Å². The van der Waals surface area contributed by atoms with Crippen molar-refractivity contribution in [3.8, 4) is 17.2 Å². The van der Waals surface area contributed by atoms with E-state index < -0.39 is 42.6 Å². The molecule has 13 nitrogen and oxygen atoms in total. The molecule has 0 bridgehead atoms. The van der Waals surface area contributed by atoms with E-state index in [-0.39, 0.29) is 60.6 Å². The van der Waals surface area contributed by atoms with E-state index in [0.717, 1.165) is 59.2 Å². The molecule has 1 saturated carbocycles. The zero-order chi connectivity index (χ0) is 39.6. The van der Waals surface area contributed by atoms with Gasteiger partial charge < -0.3 is 49.4 Å². The number of phenolic OH excluding ortho intramolecular Hbond substituents is 1. The fraction of sp³-hybridized carbons (Fsp3) is 0.409. The number of phenols is 1. The largest absolute Gasteiger partial charge is 0.506 e. The van der Waals surface area contributed by atoms with E-state index in [1.165, 1.54) is 18.1 Å². The molecular weight excluding hydrogens is 732 g/mol. The average molecular weight is 778 g/mol. The first kappa shape index (κ1) is 37.6. The number of benzene rings is 3. The van der Waals surface area contributed by atoms with Crippen LogP contribution in [-0.2, 0) is 22.4 Å². The highest BCUT2D eigenvalue weighted by Crippen LogP contribution is 2.54. The van der Waals surface area contributed by atoms with Gasteiger partial charge in [-0.15, -0.1) is 0 Å². The van der Waals surface area contributed by atoms with E-state index in [2.05, 4.69) is 4.99 Å². The number of hydrogen-bond donors (Lipinski definition) is 5. The van der Waals surface area contributed by atoms with Gasteiger partial charge in [0.25, 0.3) is 5.91 Å². The summed E-state index contributed by atoms with van der Waals surface area (Å²) in [7, 11) is 1.48. The molecule has 296 valence electrons. The molecule has 1 saturated heterocycles. The van der Waals surface area contributed by atoms with Gasteiger partial charge in [-0.3, -0.25) is 9.59 Å². The number of aliphatic imine (C=N–C) groups is 1. The molecule has 2 fully saturated rings. The number of aliphatic hydroxyl groups excluding tert-OH is 3. The minimum absolute atomic E-state index is 0.0331. The summed E-state index contributed by atoms with van der Waals surface area (Å²) in [4.78, 5) is 33.9. The fourth-order valence-corrected chi connectivity index (χ4v) is 9.60. The van der Waals surface area contributed by atoms with Gasteiger partial charge in [-0.05, 0) is 71.7 Å². The van der Waals surface area contributed by atoms with Gasteiger partial charge in [0, 0.05) is 42.8 Å². The van der Waals surface area contributed by atoms with E-state index in [1.54, 1.807) is 24.4 Å². The first-order valence-corrected chi connectivity index (χ1v) is 19.5. The van der Waals surface area contributed by atoms with Crippen LogP contribution in [0.4, 0.5) is 0 Å². The zero-order valence-corrected chi connectivity index (χ0v) is 31.5. The first-order chi connectivity index (χ1) is 27.6. The number of ether oxygens (including phenoxy) is 4. The Balaban J connectivity index is 1.08. The maximum atomic E-state index is 14.6. The third kappa shape index (κ3) is 6.24. The van der Waals surface area contributed by atoms with Gasteiger partial charge in [0.05, 0.1) is 49.6 Å². The van der Waals surface area contributed by atoms with E-state index >= 15 is 0 Å². The second-order valence-electron chi connectivity index (χ2n) is 15.8. The fourth-order valence-electron chi connectivity index (χ4n) is 9.60. The number of amides is 1. The summed E-state index contributed by atoms with van der Waals surface area (Å²) < 4.78 is 24.1. The Morgan fingerprint density at radius 2 is 2.00 bits per heavy atom. The molecule has 0 radical (unpaired) electrons. The smallest absolute Gasteiger partial charge is 0.254 e. The van der Waals surface area contributed by atoms with Crippen LogP contribution in [0.5, 0.6) is 17.2 Å². The van der Waals surface area contributed by atoms with E-state index in [0.29, 0.717) is 29.0 Å². The second kappa shape index (κ2) is 14.7. The van der Waals surface area contributed by atoms with Crippen LogP contribution in [-0.4, -0.2) is 112 Å². The van der Waals surface area contributed by atoms with Crippen molar-refractivity contribution in [1.82, 2.24) is 4.90 Å². The number of carbonyl (C=O) groups excluding carboxylic acids is 2. The minimum Gasteiger partial charge on any atom is -0.506 e. The summed E-state index contributed by atoms with van der Waals surface area (Å²) in [5, 5.41) is 57.6. The molecule has 3 aromatic carbocycles. The lowest BCUT2D eigenvalue weighted by atomic mass is 9.72. The summed E-state index contributed by atoms with van der Waals surface area (Å²) in [5.74, 6) is -0.329. The summed E-state index contributed by atoms with van der Waals surface area (Å²) in [6, 6.07) is 10.5. The number of methoxy groups -OCH3 is 1. The second-order valence-corrected chi connectivity index (χ2v) is 15.8. The highest BCUT2D eigenvalue weighted by molar-refractivity contribution is 6.12. The molecule has 0 unspecified atom stereocenters. The number of carbonyl (C=O) groups is 2. The van der Waals surface area contributed by atoms with Gasteiger partial charge in [0.1, 0.15) is 47.7 Å². The molecule has 5 N–H and O–H groups in total. The Morgan fingerprint density at radius 3 is 2.81 bits per heavy atom. The highest BCUT2D eigenvalue weighted by Gasteiger charge is 2.56. The van der Waals surface area contributed by atoms with Crippen LogP contribution in [0.3, 0.4) is 0 Å². The predicted molar refractivity (Wildman–Crippen MR) is 207 cm³/mol. The summed E-state index contributed by atoms with van der Waals surface area (Å²) in [5.41, 5.74) is 3.15. The Bertz CT molecular complexity index is 2280. The topological polar surface area (TPSA) is 188 Å². The number of ketones is 1. The molecule has 0 spiro atoms. The highest BCUT2D eigenvalue weighted by atomic mass is 16.7. The molecular formula is C44H45N2O11+. The van der Waals surface area contributed by atoms with Crippen molar-refractivity contribution in [3.05, 3.63) is 106 Å². The third-order valence-electron chi connectivity index (χ3n) is 12.6. The predicted octanol–water partition coefficient (Wildman–Crippen LogP) is 3.83. The van der Waals surface area contributed by atoms with Crippen molar-refractivity contribution < 1.29 is 54.1 Å². The Hall–Kier alpha value is -5.02. The number of rotatable bonds is 11. The van der Waals surface area contributed by atoms with Crippen LogP contribution in [0.1, 0.15) is 69.0 Å². The van der Waals surface area contributed by atoms with Crippen molar-refractivity contribution in [2.45, 2.75) is 74.8 Å². The van der Waals surface area contributed by atoms with Crippen LogP contribution >= 0.6 is 0 Å². The molecule has 3 aliphatic heterocycles. The van der Waals surface area contributed by atoms with Gasteiger partial charge in [0.2, 0.25) is 6.29 Å². The minimum atomic E-state index is -2.53. The molecule has 1 amide bonds. The van der Waals surface area contributed by atoms with Gasteiger partial charge in [0.15, 0.2) is 17.1 Å². The number of Topliss-reactive ketones (excluding diaryl/α,β-unsaturated/α-hetero) is 1. The Labute approximate surface area is 329 Å². The molecule has 3 aliphatic carbocycles. The number of nitrogens with zero attached hydrogens (tertiary/aromatic N) is 2. The number of hydrogen-bond acceptors (Lipinski definition) is 12. The molecule has 6 aliphatic rings. The van der Waals surface area contributed by atoms with E-state index in [1.807, 2.05) is 36.8 Å². The molecule has 0 aromatic heterocycles. The van der Waals surface area contributed by atoms with Crippen LogP contribution in [0, 0.1) is 12.3 Å². The maximum Gasteiger partial charge on any atom is 0.254 e. The average Bonchev–Trinajstić information content (AvgIpc) is 3.96. The lowest BCUT2D eigenvalue weighted by Crippen LogP contribution is -2.69. The van der Waals surface area contributed by atoms with Gasteiger partial charge in [-0.1, -0.05) is 24.6 Å². The number of aromatic hydroxyl groups is 1. The van der Waals surface area contributed by atoms with E-state index in [4.69, 9.17) is 18.9 Å². The molecule has 57 heavy (non-hydrogen) atoms. The molecule has 3 heterocycles. The summed E-state index contributed by atoms with van der Waals surface area (Å²) in [6.45, 7) is -1.14. The standard InChI is InChI=1S/C44H44N2O11/c1-54-26-15-31-30-14-13-23-8-6-11-28(23)36(30)38(33(48)19-46-18-24-7-2-3-10-29(24)42(46)52)40(50)37(31)34(16-26)56-43-44(53,22-47)41(51)39(49)35(57-43)21-55-20-25-17-45-32-12-5-4-9-27(25)32/h2-5,7,9-10,12,15-17,23,28,35,39,41,43,47,49,51,53H,6,8,11,13-14,18-22H2,1H3/p+1/t23-,28-,35-,39-,41+,43+,44-/m1/s1. The van der Waals surface area contributed by atoms with Crippen molar-refractivity contribution in [1.29, 1.82) is 0 Å². The van der Waals surface area contributed by atoms with Crippen LogP contribution in [0.2, 0.25) is 0 Å².